The van der Waals surface area contributed by atoms with Crippen molar-refractivity contribution in [2.24, 2.45) is 0 Å². The van der Waals surface area contributed by atoms with Crippen LogP contribution in [-0.4, -0.2) is 23.8 Å². The number of carbonyl (C=O) groups is 2. The zero-order valence-corrected chi connectivity index (χ0v) is 15.9. The molecule has 1 heterocycles. The molecule has 8 heteroatoms. The second-order valence-electron chi connectivity index (χ2n) is 5.27. The van der Waals surface area contributed by atoms with Gasteiger partial charge in [0.1, 0.15) is 10.7 Å². The average molecular weight is 406 g/mol. The molecule has 0 atom stereocenters. The van der Waals surface area contributed by atoms with Gasteiger partial charge < -0.3 is 10.6 Å². The minimum absolute atomic E-state index is 0.284. The van der Waals surface area contributed by atoms with E-state index in [2.05, 4.69) is 15.6 Å². The zero-order chi connectivity index (χ0) is 18.7. The zero-order valence-electron chi connectivity index (χ0n) is 13.5. The van der Waals surface area contributed by atoms with Crippen molar-refractivity contribution < 1.29 is 9.59 Å². The second-order valence-corrected chi connectivity index (χ2v) is 6.97. The first-order valence-electron chi connectivity index (χ1n) is 7.52. The molecule has 0 aliphatic rings. The average Bonchev–Trinajstić information content (AvgIpc) is 3.13. The first-order valence-corrected chi connectivity index (χ1v) is 9.16. The van der Waals surface area contributed by atoms with Crippen molar-refractivity contribution >= 4 is 52.0 Å². The van der Waals surface area contributed by atoms with Gasteiger partial charge in [-0.15, -0.1) is 11.3 Å². The van der Waals surface area contributed by atoms with Crippen LogP contribution in [0.5, 0.6) is 0 Å². The van der Waals surface area contributed by atoms with Crippen molar-refractivity contribution in [3.05, 3.63) is 69.1 Å². The lowest BCUT2D eigenvalue weighted by molar-refractivity contribution is 0.0961. The summed E-state index contributed by atoms with van der Waals surface area (Å²) in [5.41, 5.74) is 1.91. The van der Waals surface area contributed by atoms with E-state index >= 15 is 0 Å². The van der Waals surface area contributed by atoms with Crippen LogP contribution in [0.3, 0.4) is 0 Å². The van der Waals surface area contributed by atoms with Gasteiger partial charge in [0, 0.05) is 28.7 Å². The van der Waals surface area contributed by atoms with Gasteiger partial charge >= 0.3 is 0 Å². The van der Waals surface area contributed by atoms with E-state index in [0.29, 0.717) is 20.7 Å². The normalized spacial score (nSPS) is 10.4. The fraction of sp³-hybridized carbons (Fsp3) is 0.0556. The summed E-state index contributed by atoms with van der Waals surface area (Å²) in [6.07, 6.45) is 0. The molecule has 3 aromatic rings. The van der Waals surface area contributed by atoms with E-state index in [1.165, 1.54) is 24.5 Å². The van der Waals surface area contributed by atoms with Gasteiger partial charge in [-0.2, -0.15) is 0 Å². The van der Waals surface area contributed by atoms with Crippen LogP contribution >= 0.6 is 34.5 Å². The molecule has 2 aromatic carbocycles. The number of anilines is 1. The lowest BCUT2D eigenvalue weighted by Crippen LogP contribution is -2.19. The fourth-order valence-electron chi connectivity index (χ4n) is 2.21. The lowest BCUT2D eigenvalue weighted by atomic mass is 10.2. The summed E-state index contributed by atoms with van der Waals surface area (Å²) in [6, 6.07) is 11.9. The molecule has 2 amide bonds. The third-order valence-electron chi connectivity index (χ3n) is 3.52. The number of hydrogen-bond acceptors (Lipinski definition) is 4. The van der Waals surface area contributed by atoms with Gasteiger partial charge in [-0.1, -0.05) is 35.3 Å². The van der Waals surface area contributed by atoms with Gasteiger partial charge in [0.2, 0.25) is 0 Å². The molecular formula is C18H13Cl2N3O2S. The first kappa shape index (κ1) is 18.4. The minimum Gasteiger partial charge on any atom is -0.355 e. The predicted octanol–water partition coefficient (Wildman–Crippen LogP) is 4.73. The summed E-state index contributed by atoms with van der Waals surface area (Å²) in [5, 5.41) is 8.56. The van der Waals surface area contributed by atoms with Gasteiger partial charge in [0.15, 0.2) is 0 Å². The van der Waals surface area contributed by atoms with E-state index in [4.69, 9.17) is 23.2 Å². The maximum absolute atomic E-state index is 12.4. The maximum Gasteiger partial charge on any atom is 0.275 e. The summed E-state index contributed by atoms with van der Waals surface area (Å²) in [5.74, 6) is -0.698. The van der Waals surface area contributed by atoms with Gasteiger partial charge in [0.25, 0.3) is 11.8 Å². The molecule has 26 heavy (non-hydrogen) atoms. The highest BCUT2D eigenvalue weighted by molar-refractivity contribution is 7.13. The summed E-state index contributed by atoms with van der Waals surface area (Å²) in [6.45, 7) is 0. The van der Waals surface area contributed by atoms with E-state index in [0.717, 1.165) is 5.56 Å². The van der Waals surface area contributed by atoms with E-state index in [1.807, 2.05) is 12.1 Å². The van der Waals surface area contributed by atoms with Crippen molar-refractivity contribution in [2.45, 2.75) is 0 Å². The number of hydrogen-bond donors (Lipinski definition) is 2. The van der Waals surface area contributed by atoms with E-state index in [9.17, 15) is 9.59 Å². The molecule has 0 saturated carbocycles. The molecule has 0 spiro atoms. The molecular weight excluding hydrogens is 393 g/mol. The van der Waals surface area contributed by atoms with Gasteiger partial charge in [-0.25, -0.2) is 4.98 Å². The number of rotatable bonds is 4. The van der Waals surface area contributed by atoms with E-state index in [-0.39, 0.29) is 23.1 Å². The van der Waals surface area contributed by atoms with Gasteiger partial charge in [-0.3, -0.25) is 9.59 Å². The number of amides is 2. The summed E-state index contributed by atoms with van der Waals surface area (Å²) in [4.78, 5) is 28.6. The molecule has 0 saturated heterocycles. The predicted molar refractivity (Wildman–Crippen MR) is 105 cm³/mol. The lowest BCUT2D eigenvalue weighted by Gasteiger charge is -2.07. The van der Waals surface area contributed by atoms with Crippen LogP contribution in [0, 0.1) is 0 Å². The molecule has 0 aliphatic carbocycles. The Morgan fingerprint density at radius 2 is 1.77 bits per heavy atom. The third-order valence-corrected chi connectivity index (χ3v) is 5.00. The van der Waals surface area contributed by atoms with Gasteiger partial charge in [-0.05, 0) is 30.3 Å². The number of benzene rings is 2. The Morgan fingerprint density at radius 3 is 2.46 bits per heavy atom. The maximum atomic E-state index is 12.4. The van der Waals surface area contributed by atoms with Gasteiger partial charge in [0.05, 0.1) is 10.6 Å². The van der Waals surface area contributed by atoms with Crippen molar-refractivity contribution in [1.29, 1.82) is 0 Å². The van der Waals surface area contributed by atoms with Crippen molar-refractivity contribution in [3.63, 3.8) is 0 Å². The Balaban J connectivity index is 1.79. The number of carbonyl (C=O) groups excluding carboxylic acids is 2. The van der Waals surface area contributed by atoms with Crippen LogP contribution in [0.15, 0.2) is 47.8 Å². The first-order chi connectivity index (χ1) is 12.5. The molecule has 0 fully saturated rings. The molecule has 2 N–H and O–H groups in total. The SMILES string of the molecule is CNC(=O)c1cc(NC(=O)c2csc(-c3ccc(Cl)cc3)n2)ccc1Cl. The molecule has 132 valence electrons. The molecule has 0 unspecified atom stereocenters. The van der Waals surface area contributed by atoms with Crippen molar-refractivity contribution in [3.8, 4) is 10.6 Å². The Hall–Kier alpha value is -2.41. The monoisotopic (exact) mass is 405 g/mol. The molecule has 0 aliphatic heterocycles. The second kappa shape index (κ2) is 7.86. The number of aromatic nitrogens is 1. The van der Waals surface area contributed by atoms with Crippen molar-refractivity contribution in [2.75, 3.05) is 12.4 Å². The Kier molecular flexibility index (Phi) is 5.56. The Labute approximate surface area is 164 Å². The summed E-state index contributed by atoms with van der Waals surface area (Å²) < 4.78 is 0. The van der Waals surface area contributed by atoms with E-state index in [1.54, 1.807) is 29.6 Å². The fourth-order valence-corrected chi connectivity index (χ4v) is 3.35. The van der Waals surface area contributed by atoms with Crippen molar-refractivity contribution in [1.82, 2.24) is 10.3 Å². The largest absolute Gasteiger partial charge is 0.355 e. The number of thiazole rings is 1. The Morgan fingerprint density at radius 1 is 1.04 bits per heavy atom. The minimum atomic E-state index is -0.369. The van der Waals surface area contributed by atoms with Crippen LogP contribution < -0.4 is 10.6 Å². The highest BCUT2D eigenvalue weighted by atomic mass is 35.5. The highest BCUT2D eigenvalue weighted by Gasteiger charge is 2.14. The Bertz CT molecular complexity index is 971. The summed E-state index contributed by atoms with van der Waals surface area (Å²) >= 11 is 13.3. The molecule has 1 aromatic heterocycles. The highest BCUT2D eigenvalue weighted by Crippen LogP contribution is 2.26. The molecule has 5 nitrogen and oxygen atoms in total. The molecule has 0 bridgehead atoms. The molecule has 3 rings (SSSR count). The standard InChI is InChI=1S/C18H13Cl2N3O2S/c1-21-16(24)13-8-12(6-7-14(13)20)22-17(25)15-9-26-18(23-15)10-2-4-11(19)5-3-10/h2-9H,1H3,(H,21,24)(H,22,25). The molecule has 0 radical (unpaired) electrons. The third kappa shape index (κ3) is 4.04. The van der Waals surface area contributed by atoms with Crippen LogP contribution in [0.1, 0.15) is 20.8 Å². The van der Waals surface area contributed by atoms with Crippen LogP contribution in [-0.2, 0) is 0 Å². The number of halogens is 2. The smallest absolute Gasteiger partial charge is 0.275 e. The van der Waals surface area contributed by atoms with Crippen LogP contribution in [0.2, 0.25) is 10.0 Å². The van der Waals surface area contributed by atoms with E-state index < -0.39 is 0 Å². The topological polar surface area (TPSA) is 71.1 Å². The number of nitrogens with one attached hydrogen (secondary N) is 2. The quantitative estimate of drug-likeness (QED) is 0.658. The van der Waals surface area contributed by atoms with Crippen LogP contribution in [0.4, 0.5) is 5.69 Å². The van der Waals surface area contributed by atoms with Crippen LogP contribution in [0.25, 0.3) is 10.6 Å². The summed E-state index contributed by atoms with van der Waals surface area (Å²) in [7, 11) is 1.51. The number of nitrogens with zero attached hydrogens (tertiary/aromatic N) is 1.